The fraction of sp³-hybridized carbons (Fsp3) is 0.682. The third-order valence-electron chi connectivity index (χ3n) is 5.00. The van der Waals surface area contributed by atoms with Crippen LogP contribution in [0.1, 0.15) is 101 Å². The summed E-state index contributed by atoms with van der Waals surface area (Å²) in [7, 11) is 0. The first-order valence-corrected chi connectivity index (χ1v) is 13.7. The minimum Gasteiger partial charge on any atom is -0.455 e. The van der Waals surface area contributed by atoms with E-state index in [2.05, 4.69) is 38.8 Å². The van der Waals surface area contributed by atoms with Crippen LogP contribution < -0.4 is 0 Å². The quantitative estimate of drug-likeness (QED) is 0.183. The second-order valence-corrected chi connectivity index (χ2v) is 12.8. The Morgan fingerprint density at radius 1 is 0.929 bits per heavy atom. The Hall–Kier alpha value is 0.0900. The van der Waals surface area contributed by atoms with Gasteiger partial charge in [-0.05, 0) is 64.6 Å². The van der Waals surface area contributed by atoms with Crippen molar-refractivity contribution in [2.45, 2.75) is 97.0 Å². The highest BCUT2D eigenvalue weighted by atomic mass is 79.9. The number of ether oxygens (including phenoxy) is 1. The van der Waals surface area contributed by atoms with Gasteiger partial charge in [0.25, 0.3) is 0 Å². The molecule has 6 heteroatoms. The lowest BCUT2D eigenvalue weighted by molar-refractivity contribution is -0.00495. The smallest absolute Gasteiger partial charge is 0.348 e. The zero-order valence-corrected chi connectivity index (χ0v) is 22.0. The monoisotopic (exact) mass is 550 g/mol. The molecule has 2 rings (SSSR count). The Morgan fingerprint density at radius 3 is 2.07 bits per heavy atom. The maximum Gasteiger partial charge on any atom is 0.348 e. The largest absolute Gasteiger partial charge is 0.455 e. The summed E-state index contributed by atoms with van der Waals surface area (Å²) in [5.74, 6) is -0.206. The van der Waals surface area contributed by atoms with Crippen molar-refractivity contribution in [3.8, 4) is 0 Å². The van der Waals surface area contributed by atoms with E-state index in [4.69, 9.17) is 4.74 Å². The summed E-state index contributed by atoms with van der Waals surface area (Å²) in [4.78, 5) is 13.3. The predicted octanol–water partition coefficient (Wildman–Crippen LogP) is 9.73. The average molecular weight is 552 g/mol. The van der Waals surface area contributed by atoms with Crippen LogP contribution in [-0.4, -0.2) is 11.6 Å². The zero-order chi connectivity index (χ0) is 20.6. The van der Waals surface area contributed by atoms with Gasteiger partial charge in [0.1, 0.15) is 10.5 Å². The van der Waals surface area contributed by atoms with E-state index in [1.807, 2.05) is 19.9 Å². The van der Waals surface area contributed by atoms with Crippen LogP contribution in [-0.2, 0) is 4.74 Å². The molecule has 158 valence electrons. The first kappa shape index (κ1) is 24.4. The predicted molar refractivity (Wildman–Crippen MR) is 131 cm³/mol. The summed E-state index contributed by atoms with van der Waals surface area (Å²) in [6.45, 7) is 6.32. The van der Waals surface area contributed by atoms with Gasteiger partial charge in [0, 0.05) is 5.39 Å². The van der Waals surface area contributed by atoms with Crippen molar-refractivity contribution in [1.29, 1.82) is 0 Å². The topological polar surface area (TPSA) is 26.3 Å². The fourth-order valence-corrected chi connectivity index (χ4v) is 7.70. The Labute approximate surface area is 194 Å². The van der Waals surface area contributed by atoms with Crippen LogP contribution in [0.3, 0.4) is 0 Å². The molecule has 0 bridgehead atoms. The molecule has 0 amide bonds. The molecule has 0 saturated carbocycles. The van der Waals surface area contributed by atoms with Gasteiger partial charge >= 0.3 is 5.97 Å². The van der Waals surface area contributed by atoms with Crippen molar-refractivity contribution in [2.75, 3.05) is 0 Å². The van der Waals surface area contributed by atoms with E-state index >= 15 is 0 Å². The second-order valence-electron chi connectivity index (χ2n) is 8.08. The third kappa shape index (κ3) is 7.73. The Balaban J connectivity index is 1.66. The maximum absolute atomic E-state index is 12.6. The summed E-state index contributed by atoms with van der Waals surface area (Å²) in [6, 6.07) is 1.93. The highest BCUT2D eigenvalue weighted by Gasteiger charge is 2.25. The molecule has 2 heterocycles. The van der Waals surface area contributed by atoms with Crippen LogP contribution in [0.2, 0.25) is 0 Å². The standard InChI is InChI=1S/C22H32Br2O2S2/c1-4-5-6-7-8-9-10-11-12-13-14-22(2,3)26-21(25)17-15-16-18(27-17)20(24)28-19(16)23/h15H,4-14H2,1-3H3. The van der Waals surface area contributed by atoms with E-state index in [0.29, 0.717) is 4.88 Å². The van der Waals surface area contributed by atoms with E-state index < -0.39 is 5.60 Å². The molecular weight excluding hydrogens is 520 g/mol. The van der Waals surface area contributed by atoms with Crippen LogP contribution in [0, 0.1) is 0 Å². The van der Waals surface area contributed by atoms with Crippen molar-refractivity contribution in [3.05, 3.63) is 18.5 Å². The van der Waals surface area contributed by atoms with Crippen molar-refractivity contribution >= 4 is 70.6 Å². The average Bonchev–Trinajstić information content (AvgIpc) is 3.18. The van der Waals surface area contributed by atoms with Crippen LogP contribution >= 0.6 is 54.5 Å². The summed E-state index contributed by atoms with van der Waals surface area (Å²) in [5.41, 5.74) is -0.414. The van der Waals surface area contributed by atoms with Gasteiger partial charge in [0.05, 0.1) is 12.3 Å². The Kier molecular flexibility index (Phi) is 10.5. The van der Waals surface area contributed by atoms with Gasteiger partial charge in [0.2, 0.25) is 0 Å². The summed E-state index contributed by atoms with van der Waals surface area (Å²) < 4.78 is 9.05. The number of hydrogen-bond acceptors (Lipinski definition) is 4. The van der Waals surface area contributed by atoms with Crippen LogP contribution in [0.5, 0.6) is 0 Å². The number of carbonyl (C=O) groups excluding carboxylic acids is 1. The van der Waals surface area contributed by atoms with Crippen molar-refractivity contribution in [1.82, 2.24) is 0 Å². The van der Waals surface area contributed by atoms with Crippen molar-refractivity contribution in [3.63, 3.8) is 0 Å². The Morgan fingerprint density at radius 2 is 1.50 bits per heavy atom. The normalized spacial score (nSPS) is 12.0. The second kappa shape index (κ2) is 12.1. The van der Waals surface area contributed by atoms with Gasteiger partial charge in [-0.15, -0.1) is 22.7 Å². The number of fused-ring (bicyclic) bond motifs is 1. The fourth-order valence-electron chi connectivity index (χ4n) is 3.35. The number of unbranched alkanes of at least 4 members (excludes halogenated alkanes) is 9. The molecule has 0 N–H and O–H groups in total. The first-order valence-electron chi connectivity index (χ1n) is 10.4. The minimum atomic E-state index is -0.414. The van der Waals surface area contributed by atoms with E-state index in [9.17, 15) is 4.79 Å². The number of halogens is 2. The molecule has 2 nitrogen and oxygen atoms in total. The molecule has 0 radical (unpaired) electrons. The molecule has 0 aliphatic heterocycles. The van der Waals surface area contributed by atoms with Gasteiger partial charge < -0.3 is 4.74 Å². The number of carbonyl (C=O) groups is 1. The molecule has 0 unspecified atom stereocenters. The molecule has 0 aliphatic rings. The van der Waals surface area contributed by atoms with E-state index in [1.165, 1.54) is 69.1 Å². The van der Waals surface area contributed by atoms with Gasteiger partial charge in [-0.25, -0.2) is 4.79 Å². The molecule has 28 heavy (non-hydrogen) atoms. The van der Waals surface area contributed by atoms with Crippen LogP contribution in [0.15, 0.2) is 13.6 Å². The highest BCUT2D eigenvalue weighted by molar-refractivity contribution is 9.12. The minimum absolute atomic E-state index is 0.206. The number of rotatable bonds is 13. The summed E-state index contributed by atoms with van der Waals surface area (Å²) >= 11 is 10.3. The lowest BCUT2D eigenvalue weighted by Crippen LogP contribution is -2.27. The van der Waals surface area contributed by atoms with E-state index in [0.717, 1.165) is 30.5 Å². The van der Waals surface area contributed by atoms with Gasteiger partial charge in [-0.3, -0.25) is 0 Å². The molecule has 0 fully saturated rings. The van der Waals surface area contributed by atoms with E-state index in [-0.39, 0.29) is 5.97 Å². The molecule has 0 spiro atoms. The number of esters is 1. The molecule has 0 aliphatic carbocycles. The highest BCUT2D eigenvalue weighted by Crippen LogP contribution is 2.44. The molecule has 0 aromatic carbocycles. The van der Waals surface area contributed by atoms with Gasteiger partial charge in [-0.2, -0.15) is 0 Å². The first-order chi connectivity index (χ1) is 13.3. The third-order valence-corrected chi connectivity index (χ3v) is 9.11. The lowest BCUT2D eigenvalue weighted by atomic mass is 9.99. The maximum atomic E-state index is 12.6. The van der Waals surface area contributed by atoms with Crippen LogP contribution in [0.25, 0.3) is 10.1 Å². The lowest BCUT2D eigenvalue weighted by Gasteiger charge is -2.24. The molecule has 0 saturated heterocycles. The zero-order valence-electron chi connectivity index (χ0n) is 17.2. The molecule has 2 aromatic rings. The number of hydrogen-bond donors (Lipinski definition) is 0. The number of thiophene rings is 2. The summed E-state index contributed by atoms with van der Waals surface area (Å²) in [6.07, 6.45) is 14.1. The van der Waals surface area contributed by atoms with Gasteiger partial charge in [0.15, 0.2) is 0 Å². The SMILES string of the molecule is CCCCCCCCCCCCC(C)(C)OC(=O)c1cc2c(Br)sc(Br)c2s1. The van der Waals surface area contributed by atoms with Crippen molar-refractivity contribution in [2.24, 2.45) is 0 Å². The van der Waals surface area contributed by atoms with Crippen molar-refractivity contribution < 1.29 is 9.53 Å². The molecule has 0 atom stereocenters. The molecule has 2 aromatic heterocycles. The Bertz CT molecular complexity index is 715. The summed E-state index contributed by atoms with van der Waals surface area (Å²) in [5, 5.41) is 1.08. The van der Waals surface area contributed by atoms with Crippen LogP contribution in [0.4, 0.5) is 0 Å². The molecular formula is C22H32Br2O2S2. The van der Waals surface area contributed by atoms with E-state index in [1.54, 1.807) is 11.3 Å². The van der Waals surface area contributed by atoms with Gasteiger partial charge in [-0.1, -0.05) is 64.7 Å².